The predicted molar refractivity (Wildman–Crippen MR) is 81.4 cm³/mol. The maximum atomic E-state index is 12.1. The zero-order valence-corrected chi connectivity index (χ0v) is 12.9. The van der Waals surface area contributed by atoms with Crippen molar-refractivity contribution in [2.45, 2.75) is 26.7 Å². The Balaban J connectivity index is 2.07. The van der Waals surface area contributed by atoms with Crippen LogP contribution in [0.5, 0.6) is 0 Å². The van der Waals surface area contributed by atoms with Crippen LogP contribution < -0.4 is 11.1 Å². The Kier molecular flexibility index (Phi) is 4.51. The molecule has 0 saturated heterocycles. The van der Waals surface area contributed by atoms with E-state index in [-0.39, 0.29) is 12.3 Å². The highest BCUT2D eigenvalue weighted by Gasteiger charge is 2.13. The van der Waals surface area contributed by atoms with Crippen molar-refractivity contribution in [2.75, 3.05) is 5.32 Å². The lowest BCUT2D eigenvalue weighted by molar-refractivity contribution is -0.117. The molecule has 0 spiro atoms. The number of hydrogen-bond donors (Lipinski definition) is 2. The third-order valence-electron chi connectivity index (χ3n) is 2.75. The lowest BCUT2D eigenvalue weighted by Gasteiger charge is -1.97. The van der Waals surface area contributed by atoms with E-state index in [1.807, 2.05) is 13.0 Å². The molecule has 0 saturated carbocycles. The van der Waals surface area contributed by atoms with E-state index in [1.54, 1.807) is 5.38 Å². The Morgan fingerprint density at radius 2 is 2.20 bits per heavy atom. The largest absolute Gasteiger partial charge is 0.369 e. The van der Waals surface area contributed by atoms with Crippen molar-refractivity contribution in [3.63, 3.8) is 0 Å². The summed E-state index contributed by atoms with van der Waals surface area (Å²) in [5.41, 5.74) is 6.87. The number of anilines is 1. The Hall–Kier alpha value is -1.73. The van der Waals surface area contributed by atoms with Crippen LogP contribution in [0, 0.1) is 6.92 Å². The Morgan fingerprint density at radius 3 is 2.80 bits per heavy atom. The minimum absolute atomic E-state index is 0.0878. The molecule has 5 nitrogen and oxygen atoms in total. The van der Waals surface area contributed by atoms with Gasteiger partial charge in [-0.15, -0.1) is 22.7 Å². The molecule has 0 bridgehead atoms. The van der Waals surface area contributed by atoms with E-state index in [9.17, 15) is 9.59 Å². The fraction of sp³-hybridized carbons (Fsp3) is 0.308. The number of nitrogens with zero attached hydrogens (tertiary/aromatic N) is 1. The van der Waals surface area contributed by atoms with Crippen LogP contribution in [0.2, 0.25) is 0 Å². The monoisotopic (exact) mass is 309 g/mol. The molecule has 0 unspecified atom stereocenters. The number of thiophene rings is 1. The summed E-state index contributed by atoms with van der Waals surface area (Å²) < 4.78 is 0. The van der Waals surface area contributed by atoms with Gasteiger partial charge in [-0.25, -0.2) is 4.98 Å². The lowest BCUT2D eigenvalue weighted by Crippen LogP contribution is -2.14. The summed E-state index contributed by atoms with van der Waals surface area (Å²) in [7, 11) is 0. The molecule has 0 radical (unpaired) electrons. The van der Waals surface area contributed by atoms with Gasteiger partial charge in [-0.3, -0.25) is 14.9 Å². The van der Waals surface area contributed by atoms with Crippen molar-refractivity contribution in [3.8, 4) is 0 Å². The Morgan fingerprint density at radius 1 is 1.45 bits per heavy atom. The number of hydrogen-bond acceptors (Lipinski definition) is 5. The van der Waals surface area contributed by atoms with E-state index >= 15 is 0 Å². The van der Waals surface area contributed by atoms with Gasteiger partial charge >= 0.3 is 0 Å². The second-order valence-electron chi connectivity index (χ2n) is 4.29. The van der Waals surface area contributed by atoms with Crippen LogP contribution in [0.15, 0.2) is 11.4 Å². The van der Waals surface area contributed by atoms with E-state index in [4.69, 9.17) is 5.73 Å². The summed E-state index contributed by atoms with van der Waals surface area (Å²) >= 11 is 2.76. The molecule has 106 valence electrons. The van der Waals surface area contributed by atoms with E-state index in [0.29, 0.717) is 15.7 Å². The van der Waals surface area contributed by atoms with Gasteiger partial charge in [0.05, 0.1) is 17.0 Å². The maximum absolute atomic E-state index is 12.1. The van der Waals surface area contributed by atoms with E-state index in [0.717, 1.165) is 11.3 Å². The minimum atomic E-state index is -0.436. The number of primary amides is 1. The average molecular weight is 309 g/mol. The van der Waals surface area contributed by atoms with Crippen LogP contribution in [-0.4, -0.2) is 16.8 Å². The van der Waals surface area contributed by atoms with E-state index in [2.05, 4.69) is 17.2 Å². The summed E-state index contributed by atoms with van der Waals surface area (Å²) in [6.07, 6.45) is 1.00. The highest BCUT2D eigenvalue weighted by Crippen LogP contribution is 2.24. The highest BCUT2D eigenvalue weighted by atomic mass is 32.1. The van der Waals surface area contributed by atoms with Gasteiger partial charge < -0.3 is 5.73 Å². The SMILES string of the molecule is CCc1cc(C(=O)Nc2nc(CC(N)=O)cs2)sc1C. The van der Waals surface area contributed by atoms with Gasteiger partial charge in [0.15, 0.2) is 5.13 Å². The first-order chi connectivity index (χ1) is 9.49. The van der Waals surface area contributed by atoms with Gasteiger partial charge in [-0.2, -0.15) is 0 Å². The molecule has 2 heterocycles. The molecule has 0 aromatic carbocycles. The van der Waals surface area contributed by atoms with Crippen molar-refractivity contribution in [1.82, 2.24) is 4.98 Å². The summed E-state index contributed by atoms with van der Waals surface area (Å²) in [6.45, 7) is 4.07. The second kappa shape index (κ2) is 6.15. The summed E-state index contributed by atoms with van der Waals surface area (Å²) in [5, 5.41) is 4.94. The van der Waals surface area contributed by atoms with Crippen molar-refractivity contribution in [3.05, 3.63) is 32.5 Å². The normalized spacial score (nSPS) is 10.5. The van der Waals surface area contributed by atoms with Crippen molar-refractivity contribution < 1.29 is 9.59 Å². The summed E-state index contributed by atoms with van der Waals surface area (Å²) in [4.78, 5) is 28.9. The Bertz CT molecular complexity index is 646. The molecule has 20 heavy (non-hydrogen) atoms. The molecule has 3 N–H and O–H groups in total. The van der Waals surface area contributed by atoms with Crippen molar-refractivity contribution >= 4 is 39.6 Å². The number of aromatic nitrogens is 1. The van der Waals surface area contributed by atoms with Crippen molar-refractivity contribution in [2.24, 2.45) is 5.73 Å². The lowest BCUT2D eigenvalue weighted by atomic mass is 10.2. The second-order valence-corrected chi connectivity index (χ2v) is 6.40. The van der Waals surface area contributed by atoms with Gasteiger partial charge in [0, 0.05) is 10.3 Å². The number of amides is 2. The fourth-order valence-corrected chi connectivity index (χ4v) is 3.48. The molecule has 7 heteroatoms. The van der Waals surface area contributed by atoms with Gasteiger partial charge in [0.2, 0.25) is 5.91 Å². The molecule has 0 aliphatic heterocycles. The molecule has 2 rings (SSSR count). The molecule has 0 fully saturated rings. The molecular formula is C13H15N3O2S2. The molecular weight excluding hydrogens is 294 g/mol. The van der Waals surface area contributed by atoms with Crippen LogP contribution in [0.4, 0.5) is 5.13 Å². The quantitative estimate of drug-likeness (QED) is 0.889. The summed E-state index contributed by atoms with van der Waals surface area (Å²) in [6, 6.07) is 1.91. The van der Waals surface area contributed by atoms with Crippen LogP contribution in [0.3, 0.4) is 0 Å². The topological polar surface area (TPSA) is 85.1 Å². The standard InChI is InChI=1S/C13H15N3O2S2/c1-3-8-4-10(20-7(8)2)12(18)16-13-15-9(6-19-13)5-11(14)17/h4,6H,3,5H2,1-2H3,(H2,14,17)(H,15,16,18). The third kappa shape index (κ3) is 3.43. The number of rotatable bonds is 5. The zero-order chi connectivity index (χ0) is 14.7. The van der Waals surface area contributed by atoms with Gasteiger partial charge in [0.1, 0.15) is 0 Å². The van der Waals surface area contributed by atoms with Crippen LogP contribution in [-0.2, 0) is 17.6 Å². The molecule has 2 aromatic rings. The molecule has 2 aromatic heterocycles. The average Bonchev–Trinajstić information content (AvgIpc) is 2.95. The third-order valence-corrected chi connectivity index (χ3v) is 4.65. The van der Waals surface area contributed by atoms with Gasteiger partial charge in [0.25, 0.3) is 5.91 Å². The number of nitrogens with one attached hydrogen (secondary N) is 1. The first-order valence-corrected chi connectivity index (χ1v) is 7.82. The zero-order valence-electron chi connectivity index (χ0n) is 11.2. The Labute approximate surface area is 124 Å². The first-order valence-electron chi connectivity index (χ1n) is 6.13. The van der Waals surface area contributed by atoms with Gasteiger partial charge in [-0.05, 0) is 25.0 Å². The fourth-order valence-electron chi connectivity index (χ4n) is 1.77. The predicted octanol–water partition coefficient (Wildman–Crippen LogP) is 2.36. The number of nitrogens with two attached hydrogens (primary N) is 1. The number of aryl methyl sites for hydroxylation is 2. The summed E-state index contributed by atoms with van der Waals surface area (Å²) in [5.74, 6) is -0.604. The smallest absolute Gasteiger partial charge is 0.267 e. The maximum Gasteiger partial charge on any atom is 0.267 e. The number of carbonyl (C=O) groups is 2. The molecule has 0 aliphatic carbocycles. The van der Waals surface area contributed by atoms with Crippen molar-refractivity contribution in [1.29, 1.82) is 0 Å². The molecule has 2 amide bonds. The van der Waals surface area contributed by atoms with E-state index < -0.39 is 5.91 Å². The highest BCUT2D eigenvalue weighted by molar-refractivity contribution is 7.15. The van der Waals surface area contributed by atoms with Crippen LogP contribution in [0.1, 0.15) is 32.7 Å². The number of thiazole rings is 1. The van der Waals surface area contributed by atoms with Gasteiger partial charge in [-0.1, -0.05) is 6.92 Å². The van der Waals surface area contributed by atoms with Crippen LogP contribution in [0.25, 0.3) is 0 Å². The number of carbonyl (C=O) groups excluding carboxylic acids is 2. The first kappa shape index (κ1) is 14.7. The molecule has 0 aliphatic rings. The minimum Gasteiger partial charge on any atom is -0.369 e. The molecule has 0 atom stereocenters. The van der Waals surface area contributed by atoms with E-state index in [1.165, 1.54) is 28.2 Å². The van der Waals surface area contributed by atoms with Crippen LogP contribution >= 0.6 is 22.7 Å².